The van der Waals surface area contributed by atoms with Gasteiger partial charge in [-0.15, -0.1) is 0 Å². The Kier molecular flexibility index (Phi) is 4.97. The highest BCUT2D eigenvalue weighted by molar-refractivity contribution is 5.75. The van der Waals surface area contributed by atoms with Crippen molar-refractivity contribution in [1.29, 1.82) is 0 Å². The van der Waals surface area contributed by atoms with Crippen LogP contribution in [0.2, 0.25) is 0 Å². The van der Waals surface area contributed by atoms with Crippen LogP contribution in [0.3, 0.4) is 0 Å². The lowest BCUT2D eigenvalue weighted by atomic mass is 10.1. The topological polar surface area (TPSA) is 29.9 Å². The van der Waals surface area contributed by atoms with E-state index in [0.29, 0.717) is 0 Å². The summed E-state index contributed by atoms with van der Waals surface area (Å²) in [6.07, 6.45) is 2.53. The summed E-state index contributed by atoms with van der Waals surface area (Å²) < 4.78 is 2.30. The molecule has 1 N–H and O–H groups in total. The lowest BCUT2D eigenvalue weighted by Gasteiger charge is -2.08. The fourth-order valence-electron chi connectivity index (χ4n) is 2.45. The van der Waals surface area contributed by atoms with Crippen LogP contribution in [0, 0.1) is 5.92 Å². The second kappa shape index (κ2) is 6.71. The molecule has 0 atom stereocenters. The van der Waals surface area contributed by atoms with Crippen molar-refractivity contribution in [2.45, 2.75) is 46.7 Å². The molecule has 0 saturated carbocycles. The highest BCUT2D eigenvalue weighted by Crippen LogP contribution is 2.15. The molecule has 0 fully saturated rings. The minimum absolute atomic E-state index is 0.794. The van der Waals surface area contributed by atoms with E-state index in [0.717, 1.165) is 36.9 Å². The Morgan fingerprint density at radius 2 is 2.05 bits per heavy atom. The van der Waals surface area contributed by atoms with Crippen LogP contribution in [0.25, 0.3) is 11.0 Å². The van der Waals surface area contributed by atoms with Gasteiger partial charge in [0.15, 0.2) is 0 Å². The van der Waals surface area contributed by atoms with Crippen LogP contribution in [0.15, 0.2) is 24.3 Å². The molecular weight excluding hydrogens is 234 g/mol. The van der Waals surface area contributed by atoms with E-state index in [-0.39, 0.29) is 0 Å². The molecule has 2 aromatic rings. The van der Waals surface area contributed by atoms with Crippen molar-refractivity contribution >= 4 is 11.0 Å². The number of hydrogen-bond donors (Lipinski definition) is 1. The normalized spacial score (nSPS) is 11.6. The number of nitrogens with zero attached hydrogens (tertiary/aromatic N) is 2. The number of nitrogens with one attached hydrogen (secondary N) is 1. The SMILES string of the molecule is CCn1c(CNCCCC(C)C)nc2ccccc21. The van der Waals surface area contributed by atoms with Crippen molar-refractivity contribution in [3.8, 4) is 0 Å². The van der Waals surface area contributed by atoms with Gasteiger partial charge in [-0.05, 0) is 44.4 Å². The number of aromatic nitrogens is 2. The fraction of sp³-hybridized carbons (Fsp3) is 0.562. The number of fused-ring (bicyclic) bond motifs is 1. The zero-order valence-corrected chi connectivity index (χ0v) is 12.3. The van der Waals surface area contributed by atoms with E-state index >= 15 is 0 Å². The predicted molar refractivity (Wildman–Crippen MR) is 81.2 cm³/mol. The molecule has 1 aromatic heterocycles. The van der Waals surface area contributed by atoms with Crippen molar-refractivity contribution in [2.24, 2.45) is 5.92 Å². The first kappa shape index (κ1) is 14.1. The Bertz CT molecular complexity index is 514. The van der Waals surface area contributed by atoms with Crippen LogP contribution >= 0.6 is 0 Å². The first-order chi connectivity index (χ1) is 9.22. The van der Waals surface area contributed by atoms with Crippen molar-refractivity contribution in [3.05, 3.63) is 30.1 Å². The van der Waals surface area contributed by atoms with E-state index in [1.165, 1.54) is 18.4 Å². The number of hydrogen-bond acceptors (Lipinski definition) is 2. The molecule has 3 heteroatoms. The van der Waals surface area contributed by atoms with E-state index in [1.807, 2.05) is 0 Å². The van der Waals surface area contributed by atoms with Gasteiger partial charge in [-0.25, -0.2) is 4.98 Å². The summed E-state index contributed by atoms with van der Waals surface area (Å²) in [6, 6.07) is 8.36. The van der Waals surface area contributed by atoms with Gasteiger partial charge in [-0.3, -0.25) is 0 Å². The zero-order valence-electron chi connectivity index (χ0n) is 12.3. The maximum atomic E-state index is 4.72. The monoisotopic (exact) mass is 259 g/mol. The van der Waals surface area contributed by atoms with Gasteiger partial charge in [0.2, 0.25) is 0 Å². The van der Waals surface area contributed by atoms with Crippen molar-refractivity contribution in [2.75, 3.05) is 6.54 Å². The van der Waals surface area contributed by atoms with E-state index in [1.54, 1.807) is 0 Å². The molecule has 19 heavy (non-hydrogen) atoms. The molecule has 0 unspecified atom stereocenters. The quantitative estimate of drug-likeness (QED) is 0.770. The molecular formula is C16H25N3. The van der Waals surface area contributed by atoms with Gasteiger partial charge in [0, 0.05) is 6.54 Å². The summed E-state index contributed by atoms with van der Waals surface area (Å²) in [6.45, 7) is 9.64. The maximum absolute atomic E-state index is 4.72. The average molecular weight is 259 g/mol. The maximum Gasteiger partial charge on any atom is 0.123 e. The smallest absolute Gasteiger partial charge is 0.123 e. The van der Waals surface area contributed by atoms with Crippen LogP contribution < -0.4 is 5.32 Å². The van der Waals surface area contributed by atoms with Gasteiger partial charge in [0.25, 0.3) is 0 Å². The first-order valence-electron chi connectivity index (χ1n) is 7.37. The second-order valence-corrected chi connectivity index (χ2v) is 5.47. The van der Waals surface area contributed by atoms with Crippen LogP contribution in [-0.4, -0.2) is 16.1 Å². The highest BCUT2D eigenvalue weighted by Gasteiger charge is 2.07. The van der Waals surface area contributed by atoms with E-state index in [9.17, 15) is 0 Å². The predicted octanol–water partition coefficient (Wildman–Crippen LogP) is 3.58. The Hall–Kier alpha value is -1.35. The minimum Gasteiger partial charge on any atom is -0.327 e. The molecule has 0 aliphatic heterocycles. The largest absolute Gasteiger partial charge is 0.327 e. The molecule has 0 spiro atoms. The molecule has 2 rings (SSSR count). The fourth-order valence-corrected chi connectivity index (χ4v) is 2.45. The number of imidazole rings is 1. The Labute approximate surface area is 116 Å². The van der Waals surface area contributed by atoms with Crippen LogP contribution in [0.4, 0.5) is 0 Å². The molecule has 1 aromatic carbocycles. The zero-order chi connectivity index (χ0) is 13.7. The van der Waals surface area contributed by atoms with Gasteiger partial charge in [0.05, 0.1) is 17.6 Å². The van der Waals surface area contributed by atoms with Gasteiger partial charge in [0.1, 0.15) is 5.82 Å². The van der Waals surface area contributed by atoms with E-state index in [2.05, 4.69) is 54.9 Å². The third-order valence-electron chi connectivity index (χ3n) is 3.47. The molecule has 0 amide bonds. The highest BCUT2D eigenvalue weighted by atomic mass is 15.1. The number of rotatable bonds is 7. The van der Waals surface area contributed by atoms with Crippen molar-refractivity contribution in [1.82, 2.24) is 14.9 Å². The average Bonchev–Trinajstić information content (AvgIpc) is 2.75. The molecule has 104 valence electrons. The van der Waals surface area contributed by atoms with Crippen LogP contribution in [0.5, 0.6) is 0 Å². The van der Waals surface area contributed by atoms with E-state index < -0.39 is 0 Å². The molecule has 0 radical (unpaired) electrons. The van der Waals surface area contributed by atoms with Gasteiger partial charge in [-0.2, -0.15) is 0 Å². The summed E-state index contributed by atoms with van der Waals surface area (Å²) in [4.78, 5) is 4.72. The number of para-hydroxylation sites is 2. The number of aryl methyl sites for hydroxylation is 1. The van der Waals surface area contributed by atoms with E-state index in [4.69, 9.17) is 4.98 Å². The Balaban J connectivity index is 1.96. The minimum atomic E-state index is 0.794. The molecule has 1 heterocycles. The third kappa shape index (κ3) is 3.57. The van der Waals surface area contributed by atoms with Gasteiger partial charge < -0.3 is 9.88 Å². The summed E-state index contributed by atoms with van der Waals surface area (Å²) in [5.41, 5.74) is 2.34. The van der Waals surface area contributed by atoms with Crippen molar-refractivity contribution in [3.63, 3.8) is 0 Å². The Morgan fingerprint density at radius 1 is 1.26 bits per heavy atom. The summed E-state index contributed by atoms with van der Waals surface area (Å²) >= 11 is 0. The Morgan fingerprint density at radius 3 is 2.79 bits per heavy atom. The van der Waals surface area contributed by atoms with Crippen LogP contribution in [0.1, 0.15) is 39.4 Å². The number of benzene rings is 1. The molecule has 0 bridgehead atoms. The third-order valence-corrected chi connectivity index (χ3v) is 3.47. The summed E-state index contributed by atoms with van der Waals surface area (Å²) in [5.74, 6) is 1.94. The molecule has 0 saturated heterocycles. The summed E-state index contributed by atoms with van der Waals surface area (Å²) in [7, 11) is 0. The van der Waals surface area contributed by atoms with Gasteiger partial charge in [-0.1, -0.05) is 26.0 Å². The molecule has 3 nitrogen and oxygen atoms in total. The lowest BCUT2D eigenvalue weighted by Crippen LogP contribution is -2.18. The molecule has 0 aliphatic carbocycles. The lowest BCUT2D eigenvalue weighted by molar-refractivity contribution is 0.519. The standard InChI is InChI=1S/C16H25N3/c1-4-19-15-10-6-5-9-14(15)18-16(19)12-17-11-7-8-13(2)3/h5-6,9-10,13,17H,4,7-8,11-12H2,1-3H3. The summed E-state index contributed by atoms with van der Waals surface area (Å²) in [5, 5.41) is 3.51. The first-order valence-corrected chi connectivity index (χ1v) is 7.37. The van der Waals surface area contributed by atoms with Crippen LogP contribution in [-0.2, 0) is 13.1 Å². The molecule has 0 aliphatic rings. The van der Waals surface area contributed by atoms with Crippen molar-refractivity contribution < 1.29 is 0 Å². The second-order valence-electron chi connectivity index (χ2n) is 5.47. The van der Waals surface area contributed by atoms with Gasteiger partial charge >= 0.3 is 0 Å².